The summed E-state index contributed by atoms with van der Waals surface area (Å²) in [5.74, 6) is 2.69. The highest BCUT2D eigenvalue weighted by Gasteiger charge is 2.27. The predicted octanol–water partition coefficient (Wildman–Crippen LogP) is 2.71. The number of aryl methyl sites for hydroxylation is 1. The van der Waals surface area contributed by atoms with Crippen molar-refractivity contribution in [1.29, 1.82) is 0 Å². The van der Waals surface area contributed by atoms with E-state index in [1.54, 1.807) is 0 Å². The number of nitrogens with zero attached hydrogens (tertiary/aromatic N) is 1. The smallest absolute Gasteiger partial charge is 0.109 e. The molecule has 2 heterocycles. The molecule has 2 N–H and O–H groups in total. The lowest BCUT2D eigenvalue weighted by molar-refractivity contribution is 0.407. The van der Waals surface area contributed by atoms with Gasteiger partial charge in [-0.2, -0.15) is 0 Å². The topological polar surface area (TPSA) is 40.7 Å². The molecule has 3 nitrogen and oxygen atoms in total. The fourth-order valence-corrected chi connectivity index (χ4v) is 3.02. The van der Waals surface area contributed by atoms with Crippen molar-refractivity contribution < 1.29 is 0 Å². The van der Waals surface area contributed by atoms with Crippen molar-refractivity contribution in [3.8, 4) is 0 Å². The molecule has 3 rings (SSSR count). The Morgan fingerprint density at radius 3 is 2.47 bits per heavy atom. The molecule has 17 heavy (non-hydrogen) atoms. The Hall–Kier alpha value is -0.830. The third kappa shape index (κ3) is 2.13. The van der Waals surface area contributed by atoms with Gasteiger partial charge in [0.1, 0.15) is 5.82 Å². The van der Waals surface area contributed by atoms with Gasteiger partial charge >= 0.3 is 0 Å². The van der Waals surface area contributed by atoms with E-state index in [4.69, 9.17) is 4.98 Å². The minimum atomic E-state index is 0.662. The summed E-state index contributed by atoms with van der Waals surface area (Å²) in [6, 6.07) is 0. The number of hydrogen-bond acceptors (Lipinski definition) is 2. The van der Waals surface area contributed by atoms with E-state index in [1.807, 2.05) is 0 Å². The number of imidazole rings is 1. The minimum Gasteiger partial charge on any atom is -0.345 e. The van der Waals surface area contributed by atoms with Crippen LogP contribution in [0.25, 0.3) is 0 Å². The first kappa shape index (κ1) is 11.3. The first-order chi connectivity index (χ1) is 8.38. The van der Waals surface area contributed by atoms with Gasteiger partial charge in [0.15, 0.2) is 0 Å². The van der Waals surface area contributed by atoms with Crippen molar-refractivity contribution in [2.45, 2.75) is 57.3 Å². The second-order valence-corrected chi connectivity index (χ2v) is 5.49. The summed E-state index contributed by atoms with van der Waals surface area (Å²) < 4.78 is 0. The molecule has 1 saturated heterocycles. The molecule has 1 aliphatic heterocycles. The van der Waals surface area contributed by atoms with Crippen LogP contribution in [0.1, 0.15) is 68.1 Å². The van der Waals surface area contributed by atoms with Crippen LogP contribution in [0, 0.1) is 0 Å². The maximum atomic E-state index is 4.94. The zero-order valence-electron chi connectivity index (χ0n) is 10.8. The molecule has 0 bridgehead atoms. The van der Waals surface area contributed by atoms with Crippen molar-refractivity contribution in [1.82, 2.24) is 15.3 Å². The summed E-state index contributed by atoms with van der Waals surface area (Å²) in [5, 5.41) is 3.42. The molecule has 3 heteroatoms. The Morgan fingerprint density at radius 2 is 1.88 bits per heavy atom. The van der Waals surface area contributed by atoms with Crippen LogP contribution in [0.5, 0.6) is 0 Å². The Bertz CT molecular complexity index is 373. The van der Waals surface area contributed by atoms with E-state index < -0.39 is 0 Å². The first-order valence-electron chi connectivity index (χ1n) is 7.18. The molecule has 1 aliphatic carbocycles. The zero-order chi connectivity index (χ0) is 11.7. The van der Waals surface area contributed by atoms with Gasteiger partial charge in [0.25, 0.3) is 0 Å². The number of aromatic amines is 1. The molecule has 0 aromatic carbocycles. The minimum absolute atomic E-state index is 0.662. The number of rotatable bonds is 3. The summed E-state index contributed by atoms with van der Waals surface area (Å²) >= 11 is 0. The van der Waals surface area contributed by atoms with Gasteiger partial charge in [0, 0.05) is 17.5 Å². The SMILES string of the molecule is CCc1[nH]c(C2CCNCC2)nc1C1CCC1. The van der Waals surface area contributed by atoms with E-state index >= 15 is 0 Å². The highest BCUT2D eigenvalue weighted by Crippen LogP contribution is 2.38. The molecule has 0 atom stereocenters. The highest BCUT2D eigenvalue weighted by molar-refractivity contribution is 5.22. The highest BCUT2D eigenvalue weighted by atomic mass is 15.0. The average molecular weight is 233 g/mol. The molecular weight excluding hydrogens is 210 g/mol. The Balaban J connectivity index is 1.81. The standard InChI is InChI=1S/C14H23N3/c1-2-12-13(10-4-3-5-10)17-14(16-12)11-6-8-15-9-7-11/h10-11,15H,2-9H2,1H3,(H,16,17). The molecular formula is C14H23N3. The lowest BCUT2D eigenvalue weighted by Crippen LogP contribution is -2.27. The van der Waals surface area contributed by atoms with Crippen molar-refractivity contribution in [3.05, 3.63) is 17.2 Å². The molecule has 1 aromatic rings. The largest absolute Gasteiger partial charge is 0.345 e. The van der Waals surface area contributed by atoms with E-state index in [-0.39, 0.29) is 0 Å². The van der Waals surface area contributed by atoms with E-state index in [9.17, 15) is 0 Å². The van der Waals surface area contributed by atoms with Gasteiger partial charge in [0.05, 0.1) is 5.69 Å². The summed E-state index contributed by atoms with van der Waals surface area (Å²) in [6.07, 6.45) is 7.67. The molecule has 1 aromatic heterocycles. The molecule has 2 aliphatic rings. The number of hydrogen-bond donors (Lipinski definition) is 2. The van der Waals surface area contributed by atoms with Crippen LogP contribution >= 0.6 is 0 Å². The van der Waals surface area contributed by atoms with Crippen molar-refractivity contribution in [2.24, 2.45) is 0 Å². The number of nitrogens with one attached hydrogen (secondary N) is 2. The second kappa shape index (κ2) is 4.81. The fraction of sp³-hybridized carbons (Fsp3) is 0.786. The van der Waals surface area contributed by atoms with Crippen molar-refractivity contribution in [2.75, 3.05) is 13.1 Å². The number of H-pyrrole nitrogens is 1. The van der Waals surface area contributed by atoms with E-state index in [0.717, 1.165) is 25.4 Å². The van der Waals surface area contributed by atoms with Gasteiger partial charge in [-0.1, -0.05) is 13.3 Å². The molecule has 2 fully saturated rings. The Morgan fingerprint density at radius 1 is 1.12 bits per heavy atom. The van der Waals surface area contributed by atoms with Gasteiger partial charge in [-0.05, 0) is 45.2 Å². The van der Waals surface area contributed by atoms with Gasteiger partial charge in [-0.3, -0.25) is 0 Å². The van der Waals surface area contributed by atoms with Gasteiger partial charge < -0.3 is 10.3 Å². The molecule has 94 valence electrons. The lowest BCUT2D eigenvalue weighted by atomic mass is 9.82. The van der Waals surface area contributed by atoms with Gasteiger partial charge in [-0.15, -0.1) is 0 Å². The maximum Gasteiger partial charge on any atom is 0.109 e. The van der Waals surface area contributed by atoms with E-state index in [2.05, 4.69) is 17.2 Å². The summed E-state index contributed by atoms with van der Waals surface area (Å²) in [7, 11) is 0. The quantitative estimate of drug-likeness (QED) is 0.842. The van der Waals surface area contributed by atoms with Crippen LogP contribution in [0.3, 0.4) is 0 Å². The van der Waals surface area contributed by atoms with Crippen molar-refractivity contribution >= 4 is 0 Å². The fourth-order valence-electron chi connectivity index (χ4n) is 3.02. The second-order valence-electron chi connectivity index (χ2n) is 5.49. The summed E-state index contributed by atoms with van der Waals surface area (Å²) in [6.45, 7) is 4.53. The maximum absolute atomic E-state index is 4.94. The monoisotopic (exact) mass is 233 g/mol. The summed E-state index contributed by atoms with van der Waals surface area (Å²) in [5.41, 5.74) is 2.80. The number of piperidine rings is 1. The first-order valence-corrected chi connectivity index (χ1v) is 7.18. The van der Waals surface area contributed by atoms with Crippen LogP contribution in [0.2, 0.25) is 0 Å². The van der Waals surface area contributed by atoms with E-state index in [0.29, 0.717) is 5.92 Å². The molecule has 0 radical (unpaired) electrons. The normalized spacial score (nSPS) is 22.6. The lowest BCUT2D eigenvalue weighted by Gasteiger charge is -2.24. The van der Waals surface area contributed by atoms with Crippen LogP contribution in [-0.2, 0) is 6.42 Å². The summed E-state index contributed by atoms with van der Waals surface area (Å²) in [4.78, 5) is 8.55. The van der Waals surface area contributed by atoms with Gasteiger partial charge in [0.2, 0.25) is 0 Å². The number of aromatic nitrogens is 2. The molecule has 0 spiro atoms. The average Bonchev–Trinajstić information content (AvgIpc) is 2.72. The molecule has 0 amide bonds. The zero-order valence-corrected chi connectivity index (χ0v) is 10.8. The van der Waals surface area contributed by atoms with Crippen LogP contribution in [0.15, 0.2) is 0 Å². The van der Waals surface area contributed by atoms with E-state index in [1.165, 1.54) is 49.3 Å². The Labute approximate surface area is 103 Å². The third-order valence-electron chi connectivity index (χ3n) is 4.40. The van der Waals surface area contributed by atoms with Crippen LogP contribution in [0.4, 0.5) is 0 Å². The van der Waals surface area contributed by atoms with Gasteiger partial charge in [-0.25, -0.2) is 4.98 Å². The molecule has 1 saturated carbocycles. The third-order valence-corrected chi connectivity index (χ3v) is 4.40. The Kier molecular flexibility index (Phi) is 3.19. The molecule has 0 unspecified atom stereocenters. The van der Waals surface area contributed by atoms with Crippen LogP contribution in [-0.4, -0.2) is 23.1 Å². The van der Waals surface area contributed by atoms with Crippen LogP contribution < -0.4 is 5.32 Å². The predicted molar refractivity (Wildman–Crippen MR) is 69.4 cm³/mol. The van der Waals surface area contributed by atoms with Crippen molar-refractivity contribution in [3.63, 3.8) is 0 Å².